The van der Waals surface area contributed by atoms with Gasteiger partial charge >= 0.3 is 0 Å². The Labute approximate surface area is 147 Å². The Balaban J connectivity index is 1.43. The minimum Gasteiger partial charge on any atom is -0.467 e. The number of hydrogen-bond acceptors (Lipinski definition) is 5. The second-order valence-electron chi connectivity index (χ2n) is 6.22. The molecule has 6 heteroatoms. The molecule has 1 amide bonds. The number of ketones is 1. The molecule has 0 spiro atoms. The number of rotatable bonds is 6. The van der Waals surface area contributed by atoms with E-state index in [1.807, 2.05) is 36.4 Å². The number of carbonyl (C=O) groups excluding carboxylic acids is 2. The normalized spacial score (nSPS) is 15.2. The van der Waals surface area contributed by atoms with E-state index in [1.54, 1.807) is 13.2 Å². The molecule has 0 saturated carbocycles. The Bertz CT molecular complexity index is 702. The maximum Gasteiger partial charge on any atom is 0.234 e. The van der Waals surface area contributed by atoms with Gasteiger partial charge in [0.05, 0.1) is 19.4 Å². The maximum atomic E-state index is 12.0. The van der Waals surface area contributed by atoms with Gasteiger partial charge in [-0.2, -0.15) is 0 Å². The first-order chi connectivity index (χ1) is 12.1. The van der Waals surface area contributed by atoms with Crippen LogP contribution in [0.4, 0.5) is 5.69 Å². The highest BCUT2D eigenvalue weighted by Crippen LogP contribution is 2.17. The zero-order valence-electron chi connectivity index (χ0n) is 14.4. The number of piperazine rings is 1. The molecule has 2 heterocycles. The van der Waals surface area contributed by atoms with Crippen molar-refractivity contribution >= 4 is 17.4 Å². The predicted molar refractivity (Wildman–Crippen MR) is 95.7 cm³/mol. The van der Waals surface area contributed by atoms with Crippen LogP contribution in [0.3, 0.4) is 0 Å². The molecule has 1 aliphatic heterocycles. The molecule has 1 aromatic heterocycles. The summed E-state index contributed by atoms with van der Waals surface area (Å²) in [6.07, 6.45) is 1.60. The number of carbonyl (C=O) groups is 2. The van der Waals surface area contributed by atoms with Crippen LogP contribution in [0, 0.1) is 0 Å². The van der Waals surface area contributed by atoms with Gasteiger partial charge in [-0.25, -0.2) is 0 Å². The van der Waals surface area contributed by atoms with E-state index in [1.165, 1.54) is 0 Å². The van der Waals surface area contributed by atoms with Gasteiger partial charge in [-0.3, -0.25) is 14.5 Å². The highest BCUT2D eigenvalue weighted by atomic mass is 16.3. The van der Waals surface area contributed by atoms with E-state index in [0.717, 1.165) is 43.2 Å². The lowest BCUT2D eigenvalue weighted by Crippen LogP contribution is -2.49. The molecule has 0 atom stereocenters. The average molecular weight is 341 g/mol. The first-order valence-electron chi connectivity index (χ1n) is 8.49. The summed E-state index contributed by atoms with van der Waals surface area (Å²) in [7, 11) is 0. The minimum absolute atomic E-state index is 0.00987. The fourth-order valence-corrected chi connectivity index (χ4v) is 2.93. The third kappa shape index (κ3) is 4.70. The third-order valence-electron chi connectivity index (χ3n) is 4.42. The molecule has 1 aliphatic rings. The van der Waals surface area contributed by atoms with Crippen LogP contribution in [-0.2, 0) is 11.3 Å². The van der Waals surface area contributed by atoms with Gasteiger partial charge in [0.2, 0.25) is 5.91 Å². The number of Topliss-reactive ketones (excluding diaryl/α,β-unsaturated/α-hetero) is 1. The van der Waals surface area contributed by atoms with Crippen LogP contribution in [0.15, 0.2) is 47.1 Å². The van der Waals surface area contributed by atoms with Gasteiger partial charge < -0.3 is 14.6 Å². The first kappa shape index (κ1) is 17.2. The highest BCUT2D eigenvalue weighted by molar-refractivity contribution is 5.94. The fourth-order valence-electron chi connectivity index (χ4n) is 2.93. The summed E-state index contributed by atoms with van der Waals surface area (Å²) in [5, 5.41) is 2.87. The van der Waals surface area contributed by atoms with Crippen LogP contribution >= 0.6 is 0 Å². The molecule has 6 nitrogen and oxygen atoms in total. The van der Waals surface area contributed by atoms with Crippen molar-refractivity contribution in [2.75, 3.05) is 37.6 Å². The van der Waals surface area contributed by atoms with Gasteiger partial charge in [-0.15, -0.1) is 0 Å². The Morgan fingerprint density at radius 3 is 2.40 bits per heavy atom. The van der Waals surface area contributed by atoms with Crippen LogP contribution < -0.4 is 10.2 Å². The van der Waals surface area contributed by atoms with Gasteiger partial charge in [0.1, 0.15) is 5.76 Å². The van der Waals surface area contributed by atoms with Crippen LogP contribution in [-0.4, -0.2) is 49.3 Å². The zero-order valence-corrected chi connectivity index (χ0v) is 14.4. The Morgan fingerprint density at radius 2 is 1.80 bits per heavy atom. The molecule has 1 fully saturated rings. The summed E-state index contributed by atoms with van der Waals surface area (Å²) in [6, 6.07) is 11.4. The lowest BCUT2D eigenvalue weighted by Gasteiger charge is -2.35. The van der Waals surface area contributed by atoms with Crippen molar-refractivity contribution in [3.8, 4) is 0 Å². The van der Waals surface area contributed by atoms with Crippen LogP contribution in [0.25, 0.3) is 0 Å². The summed E-state index contributed by atoms with van der Waals surface area (Å²) < 4.78 is 5.20. The van der Waals surface area contributed by atoms with Crippen LogP contribution in [0.1, 0.15) is 23.0 Å². The lowest BCUT2D eigenvalue weighted by molar-refractivity contribution is -0.122. The molecular weight excluding hydrogens is 318 g/mol. The average Bonchev–Trinajstić information content (AvgIpc) is 3.14. The monoisotopic (exact) mass is 341 g/mol. The number of anilines is 1. The first-order valence-corrected chi connectivity index (χ1v) is 8.49. The number of nitrogens with zero attached hydrogens (tertiary/aromatic N) is 2. The Hall–Kier alpha value is -2.60. The second-order valence-corrected chi connectivity index (χ2v) is 6.22. The second kappa shape index (κ2) is 7.98. The van der Waals surface area contributed by atoms with Crippen molar-refractivity contribution in [1.82, 2.24) is 10.2 Å². The summed E-state index contributed by atoms with van der Waals surface area (Å²) in [5.41, 5.74) is 1.85. The van der Waals surface area contributed by atoms with E-state index in [2.05, 4.69) is 15.1 Å². The van der Waals surface area contributed by atoms with Crippen LogP contribution in [0.2, 0.25) is 0 Å². The standard InChI is InChI=1S/C19H23N3O3/c1-15(23)16-4-6-17(7-5-16)22-10-8-21(9-11-22)14-19(24)20-13-18-3-2-12-25-18/h2-7,12H,8-11,13-14H2,1H3,(H,20,24). The van der Waals surface area contributed by atoms with E-state index in [-0.39, 0.29) is 11.7 Å². The summed E-state index contributed by atoms with van der Waals surface area (Å²) in [4.78, 5) is 27.8. The molecule has 0 radical (unpaired) electrons. The quantitative estimate of drug-likeness (QED) is 0.813. The predicted octanol–water partition coefficient (Wildman–Crippen LogP) is 1.92. The number of nitrogens with one attached hydrogen (secondary N) is 1. The van der Waals surface area contributed by atoms with Gasteiger partial charge in [-0.05, 0) is 43.3 Å². The van der Waals surface area contributed by atoms with Crippen LogP contribution in [0.5, 0.6) is 0 Å². The molecule has 25 heavy (non-hydrogen) atoms. The molecule has 3 rings (SSSR count). The molecule has 0 aliphatic carbocycles. The van der Waals surface area contributed by atoms with Crippen molar-refractivity contribution in [3.05, 3.63) is 54.0 Å². The summed E-state index contributed by atoms with van der Waals surface area (Å²) in [5.74, 6) is 0.847. The van der Waals surface area contributed by atoms with Crippen molar-refractivity contribution in [1.29, 1.82) is 0 Å². The van der Waals surface area contributed by atoms with E-state index >= 15 is 0 Å². The highest BCUT2D eigenvalue weighted by Gasteiger charge is 2.19. The van der Waals surface area contributed by atoms with Gasteiger partial charge in [0.15, 0.2) is 5.78 Å². The van der Waals surface area contributed by atoms with Gasteiger partial charge in [0.25, 0.3) is 0 Å². The topological polar surface area (TPSA) is 65.8 Å². The third-order valence-corrected chi connectivity index (χ3v) is 4.42. The van der Waals surface area contributed by atoms with Gasteiger partial charge in [-0.1, -0.05) is 0 Å². The van der Waals surface area contributed by atoms with Crippen molar-refractivity contribution in [2.45, 2.75) is 13.5 Å². The maximum absolute atomic E-state index is 12.0. The molecule has 0 unspecified atom stereocenters. The van der Waals surface area contributed by atoms with Crippen molar-refractivity contribution in [3.63, 3.8) is 0 Å². The smallest absolute Gasteiger partial charge is 0.234 e. The zero-order chi connectivity index (χ0) is 17.6. The summed E-state index contributed by atoms with van der Waals surface area (Å²) in [6.45, 7) is 5.80. The number of amides is 1. The van der Waals surface area contributed by atoms with Crippen molar-refractivity contribution < 1.29 is 14.0 Å². The Kier molecular flexibility index (Phi) is 5.50. The van der Waals surface area contributed by atoms with Gasteiger partial charge in [0, 0.05) is 37.4 Å². The number of furan rings is 1. The molecular formula is C19H23N3O3. The molecule has 132 valence electrons. The van der Waals surface area contributed by atoms with Crippen molar-refractivity contribution in [2.24, 2.45) is 0 Å². The van der Waals surface area contributed by atoms with E-state index < -0.39 is 0 Å². The Morgan fingerprint density at radius 1 is 1.08 bits per heavy atom. The lowest BCUT2D eigenvalue weighted by atomic mass is 10.1. The van der Waals surface area contributed by atoms with E-state index in [9.17, 15) is 9.59 Å². The molecule has 0 bridgehead atoms. The molecule has 1 N–H and O–H groups in total. The SMILES string of the molecule is CC(=O)c1ccc(N2CCN(CC(=O)NCc3ccco3)CC2)cc1. The largest absolute Gasteiger partial charge is 0.467 e. The minimum atomic E-state index is 0.00987. The van der Waals surface area contributed by atoms with E-state index in [4.69, 9.17) is 4.42 Å². The number of hydrogen-bond donors (Lipinski definition) is 1. The molecule has 1 aromatic carbocycles. The fraction of sp³-hybridized carbons (Fsp3) is 0.368. The van der Waals surface area contributed by atoms with E-state index in [0.29, 0.717) is 13.1 Å². The summed E-state index contributed by atoms with van der Waals surface area (Å²) >= 11 is 0. The molecule has 2 aromatic rings. The molecule has 1 saturated heterocycles. The number of benzene rings is 1.